The largest absolute Gasteiger partial charge is 0.478 e. The fraction of sp³-hybridized carbons (Fsp3) is 0.143. The van der Waals surface area contributed by atoms with Crippen LogP contribution in [0.15, 0.2) is 39.9 Å². The van der Waals surface area contributed by atoms with Crippen LogP contribution in [-0.4, -0.2) is 31.9 Å². The molecule has 0 saturated heterocycles. The van der Waals surface area contributed by atoms with Gasteiger partial charge in [-0.05, 0) is 31.2 Å². The molecule has 0 spiro atoms. The lowest BCUT2D eigenvalue weighted by molar-refractivity contribution is 0.0697. The highest BCUT2D eigenvalue weighted by molar-refractivity contribution is 7.94. The number of rotatable bonds is 6. The van der Waals surface area contributed by atoms with Gasteiger partial charge in [-0.1, -0.05) is 6.07 Å². The minimum absolute atomic E-state index is 0.0913. The summed E-state index contributed by atoms with van der Waals surface area (Å²) in [6.07, 6.45) is 0. The molecule has 2 rings (SSSR count). The maximum Gasteiger partial charge on any atom is 0.336 e. The number of carbonyl (C=O) groups excluding carboxylic acids is 1. The lowest BCUT2D eigenvalue weighted by atomic mass is 10.2. The van der Waals surface area contributed by atoms with E-state index in [2.05, 4.69) is 10.0 Å². The maximum atomic E-state index is 12.3. The first kappa shape index (κ1) is 17.0. The van der Waals surface area contributed by atoms with Crippen LogP contribution in [0.3, 0.4) is 0 Å². The van der Waals surface area contributed by atoms with Gasteiger partial charge >= 0.3 is 5.97 Å². The molecule has 2 aromatic rings. The van der Waals surface area contributed by atoms with E-state index < -0.39 is 16.0 Å². The van der Waals surface area contributed by atoms with E-state index in [1.54, 1.807) is 19.1 Å². The van der Waals surface area contributed by atoms with E-state index in [1.165, 1.54) is 17.5 Å². The van der Waals surface area contributed by atoms with Crippen molar-refractivity contribution in [2.45, 2.75) is 11.1 Å². The number of carboxylic acid groups (broad SMARTS) is 1. The third-order valence-electron chi connectivity index (χ3n) is 2.80. The molecule has 0 unspecified atom stereocenters. The first-order chi connectivity index (χ1) is 10.8. The van der Waals surface area contributed by atoms with Gasteiger partial charge in [0.2, 0.25) is 0 Å². The Bertz CT molecular complexity index is 842. The number of carboxylic acids is 1. The zero-order chi connectivity index (χ0) is 17.0. The molecule has 0 aliphatic heterocycles. The van der Waals surface area contributed by atoms with Crippen LogP contribution in [0.4, 0.5) is 5.69 Å². The third-order valence-corrected chi connectivity index (χ3v) is 5.62. The van der Waals surface area contributed by atoms with Crippen molar-refractivity contribution in [1.82, 2.24) is 5.32 Å². The highest BCUT2D eigenvalue weighted by atomic mass is 32.2. The van der Waals surface area contributed by atoms with Crippen molar-refractivity contribution in [3.8, 4) is 0 Å². The molecule has 122 valence electrons. The number of benzene rings is 1. The Kier molecular flexibility index (Phi) is 5.02. The predicted molar refractivity (Wildman–Crippen MR) is 86.5 cm³/mol. The van der Waals surface area contributed by atoms with Gasteiger partial charge in [-0.3, -0.25) is 9.52 Å². The van der Waals surface area contributed by atoms with Gasteiger partial charge in [-0.2, -0.15) is 0 Å². The van der Waals surface area contributed by atoms with Gasteiger partial charge in [-0.25, -0.2) is 13.2 Å². The Balaban J connectivity index is 2.24. The molecule has 1 heterocycles. The second kappa shape index (κ2) is 6.80. The number of hydrogen-bond acceptors (Lipinski definition) is 5. The number of aromatic carboxylic acids is 1. The number of nitrogens with one attached hydrogen (secondary N) is 2. The van der Waals surface area contributed by atoms with Gasteiger partial charge in [-0.15, -0.1) is 11.3 Å². The van der Waals surface area contributed by atoms with Gasteiger partial charge in [0.15, 0.2) is 0 Å². The molecule has 0 aliphatic rings. The van der Waals surface area contributed by atoms with E-state index in [0.29, 0.717) is 12.1 Å². The molecule has 3 N–H and O–H groups in total. The summed E-state index contributed by atoms with van der Waals surface area (Å²) in [5.74, 6) is -1.50. The van der Waals surface area contributed by atoms with Crippen LogP contribution in [0, 0.1) is 0 Å². The summed E-state index contributed by atoms with van der Waals surface area (Å²) in [5.41, 5.74) is 0.454. The normalized spacial score (nSPS) is 11.0. The molecule has 7 nitrogen and oxygen atoms in total. The van der Waals surface area contributed by atoms with Gasteiger partial charge in [0.25, 0.3) is 15.9 Å². The number of sulfonamides is 1. The first-order valence-electron chi connectivity index (χ1n) is 6.56. The smallest absolute Gasteiger partial charge is 0.336 e. The van der Waals surface area contributed by atoms with E-state index in [0.717, 1.165) is 17.4 Å². The van der Waals surface area contributed by atoms with Crippen LogP contribution < -0.4 is 10.0 Å². The van der Waals surface area contributed by atoms with Crippen molar-refractivity contribution >= 4 is 38.9 Å². The molecule has 0 bridgehead atoms. The van der Waals surface area contributed by atoms with Crippen LogP contribution in [0.25, 0.3) is 0 Å². The van der Waals surface area contributed by atoms with Crippen molar-refractivity contribution < 1.29 is 23.1 Å². The van der Waals surface area contributed by atoms with Crippen molar-refractivity contribution in [3.05, 3.63) is 46.8 Å². The molecule has 0 saturated carbocycles. The van der Waals surface area contributed by atoms with Crippen molar-refractivity contribution in [2.75, 3.05) is 11.3 Å². The first-order valence-corrected chi connectivity index (χ1v) is 8.92. The average molecular weight is 354 g/mol. The lowest BCUT2D eigenvalue weighted by Gasteiger charge is -2.08. The van der Waals surface area contributed by atoms with E-state index in [4.69, 9.17) is 5.11 Å². The van der Waals surface area contributed by atoms with Crippen LogP contribution >= 0.6 is 11.3 Å². The fourth-order valence-electron chi connectivity index (χ4n) is 1.76. The van der Waals surface area contributed by atoms with E-state index >= 15 is 0 Å². The average Bonchev–Trinajstić information content (AvgIpc) is 2.98. The number of carbonyl (C=O) groups is 2. The summed E-state index contributed by atoms with van der Waals surface area (Å²) in [4.78, 5) is 22.6. The Morgan fingerprint density at radius 1 is 1.22 bits per heavy atom. The molecule has 1 amide bonds. The Morgan fingerprint density at radius 2 is 1.96 bits per heavy atom. The highest BCUT2D eigenvalue weighted by Gasteiger charge is 2.19. The van der Waals surface area contributed by atoms with Gasteiger partial charge < -0.3 is 10.4 Å². The molecule has 0 radical (unpaired) electrons. The van der Waals surface area contributed by atoms with Crippen LogP contribution in [0.1, 0.15) is 27.6 Å². The Morgan fingerprint density at radius 3 is 2.57 bits per heavy atom. The number of thiophene rings is 1. The molecule has 1 aromatic heterocycles. The molecular formula is C14H14N2O5S2. The van der Waals surface area contributed by atoms with Crippen molar-refractivity contribution in [2.24, 2.45) is 0 Å². The molecule has 0 atom stereocenters. The number of anilines is 1. The zero-order valence-corrected chi connectivity index (χ0v) is 13.7. The standard InChI is InChI=1S/C14H14N2O5S2/c1-2-15-13(17)9-4-3-5-11(6-9)16-23(20,21)12-7-10(8-22-12)14(18)19/h3-8,16H,2H2,1H3,(H,15,17)(H,18,19). The summed E-state index contributed by atoms with van der Waals surface area (Å²) in [6, 6.07) is 7.12. The second-order valence-corrected chi connectivity index (χ2v) is 7.33. The van der Waals surface area contributed by atoms with E-state index in [1.807, 2.05) is 0 Å². The zero-order valence-electron chi connectivity index (χ0n) is 12.1. The number of hydrogen-bond donors (Lipinski definition) is 3. The molecule has 0 fully saturated rings. The summed E-state index contributed by atoms with van der Waals surface area (Å²) in [5, 5.41) is 12.7. The lowest BCUT2D eigenvalue weighted by Crippen LogP contribution is -2.22. The third kappa shape index (κ3) is 4.08. The van der Waals surface area contributed by atoms with Gasteiger partial charge in [0.1, 0.15) is 4.21 Å². The molecule has 9 heteroatoms. The minimum atomic E-state index is -3.91. The van der Waals surface area contributed by atoms with Crippen LogP contribution in [0.2, 0.25) is 0 Å². The summed E-state index contributed by atoms with van der Waals surface area (Å²) in [7, 11) is -3.91. The quantitative estimate of drug-likeness (QED) is 0.734. The maximum absolute atomic E-state index is 12.3. The second-order valence-electron chi connectivity index (χ2n) is 4.51. The number of amides is 1. The summed E-state index contributed by atoms with van der Waals surface area (Å²) in [6.45, 7) is 2.24. The topological polar surface area (TPSA) is 113 Å². The van der Waals surface area contributed by atoms with Crippen LogP contribution in [0.5, 0.6) is 0 Å². The molecule has 0 aliphatic carbocycles. The van der Waals surface area contributed by atoms with Crippen LogP contribution in [-0.2, 0) is 10.0 Å². The van der Waals surface area contributed by atoms with Crippen molar-refractivity contribution in [1.29, 1.82) is 0 Å². The monoisotopic (exact) mass is 354 g/mol. The Hall–Kier alpha value is -2.39. The van der Waals surface area contributed by atoms with E-state index in [-0.39, 0.29) is 21.4 Å². The summed E-state index contributed by atoms with van der Waals surface area (Å²) >= 11 is 0.812. The fourth-order valence-corrected chi connectivity index (χ4v) is 3.96. The van der Waals surface area contributed by atoms with Crippen molar-refractivity contribution in [3.63, 3.8) is 0 Å². The molecule has 23 heavy (non-hydrogen) atoms. The highest BCUT2D eigenvalue weighted by Crippen LogP contribution is 2.23. The minimum Gasteiger partial charge on any atom is -0.478 e. The molecule has 1 aromatic carbocycles. The molecular weight excluding hydrogens is 340 g/mol. The SMILES string of the molecule is CCNC(=O)c1cccc(NS(=O)(=O)c2cc(C(=O)O)cs2)c1. The summed E-state index contributed by atoms with van der Waals surface area (Å²) < 4.78 is 26.7. The van der Waals surface area contributed by atoms with Gasteiger partial charge in [0, 0.05) is 23.2 Å². The van der Waals surface area contributed by atoms with E-state index in [9.17, 15) is 18.0 Å². The predicted octanol–water partition coefficient (Wildman–Crippen LogP) is 2.00. The van der Waals surface area contributed by atoms with Gasteiger partial charge in [0.05, 0.1) is 5.56 Å². The Labute approximate surface area is 137 Å².